The zero-order valence-corrected chi connectivity index (χ0v) is 16.7. The first-order chi connectivity index (χ1) is 15.4. The molecule has 1 aliphatic rings. The molecule has 0 aliphatic carbocycles. The van der Waals surface area contributed by atoms with Crippen molar-refractivity contribution in [1.82, 2.24) is 14.5 Å². The Kier molecular flexibility index (Phi) is 4.80. The minimum absolute atomic E-state index is 0.246. The molecule has 32 heavy (non-hydrogen) atoms. The number of hydrogen-bond acceptors (Lipinski definition) is 5. The van der Waals surface area contributed by atoms with E-state index < -0.39 is 17.7 Å². The molecule has 0 saturated heterocycles. The first-order valence-electron chi connectivity index (χ1n) is 9.94. The maximum atomic E-state index is 13.0. The number of aromatic nitrogens is 3. The Morgan fingerprint density at radius 3 is 2.62 bits per heavy atom. The normalized spacial score (nSPS) is 13.8. The topological polar surface area (TPSA) is 60.2 Å². The molecular weight excluding hydrogens is 421 g/mol. The maximum absolute atomic E-state index is 13.0. The summed E-state index contributed by atoms with van der Waals surface area (Å²) in [7, 11) is 0. The molecule has 5 rings (SSSR count). The smallest absolute Gasteiger partial charge is 0.406 e. The zero-order valence-electron chi connectivity index (χ0n) is 16.7. The Morgan fingerprint density at radius 1 is 1.00 bits per heavy atom. The SMILES string of the molecule is O=c1c2cnc(N3CCc4ccccc4C3)nc2ccn1-c1cccc(OC(F)(F)F)c1. The molecule has 0 fully saturated rings. The molecule has 0 N–H and O–H groups in total. The van der Waals surface area contributed by atoms with Crippen LogP contribution in [0.4, 0.5) is 19.1 Å². The average molecular weight is 438 g/mol. The Labute approximate surface area is 180 Å². The molecule has 4 aromatic rings. The summed E-state index contributed by atoms with van der Waals surface area (Å²) in [6.07, 6.45) is -0.978. The lowest BCUT2D eigenvalue weighted by atomic mass is 10.0. The number of rotatable bonds is 3. The van der Waals surface area contributed by atoms with Gasteiger partial charge in [0.05, 0.1) is 16.6 Å². The molecule has 0 radical (unpaired) electrons. The summed E-state index contributed by atoms with van der Waals surface area (Å²) in [5.41, 5.74) is 2.82. The predicted molar refractivity (Wildman–Crippen MR) is 113 cm³/mol. The highest BCUT2D eigenvalue weighted by Gasteiger charge is 2.31. The largest absolute Gasteiger partial charge is 0.573 e. The molecule has 0 atom stereocenters. The van der Waals surface area contributed by atoms with E-state index in [1.54, 1.807) is 6.07 Å². The van der Waals surface area contributed by atoms with Crippen LogP contribution in [0.1, 0.15) is 11.1 Å². The maximum Gasteiger partial charge on any atom is 0.573 e. The zero-order chi connectivity index (χ0) is 22.3. The number of alkyl halides is 3. The van der Waals surface area contributed by atoms with Crippen molar-refractivity contribution in [1.29, 1.82) is 0 Å². The molecule has 3 heterocycles. The number of anilines is 1. The van der Waals surface area contributed by atoms with Crippen LogP contribution in [0.5, 0.6) is 5.75 Å². The number of pyridine rings is 1. The lowest BCUT2D eigenvalue weighted by molar-refractivity contribution is -0.274. The van der Waals surface area contributed by atoms with Crippen molar-refractivity contribution >= 4 is 16.9 Å². The fourth-order valence-electron chi connectivity index (χ4n) is 3.87. The summed E-state index contributed by atoms with van der Waals surface area (Å²) in [4.78, 5) is 24.0. The summed E-state index contributed by atoms with van der Waals surface area (Å²) >= 11 is 0. The summed E-state index contributed by atoms with van der Waals surface area (Å²) in [6.45, 7) is 1.45. The van der Waals surface area contributed by atoms with Crippen molar-refractivity contribution in [3.63, 3.8) is 0 Å². The monoisotopic (exact) mass is 438 g/mol. The van der Waals surface area contributed by atoms with Crippen LogP contribution in [0.3, 0.4) is 0 Å². The lowest BCUT2D eigenvalue weighted by Gasteiger charge is -2.28. The van der Waals surface area contributed by atoms with E-state index in [0.717, 1.165) is 19.0 Å². The minimum Gasteiger partial charge on any atom is -0.406 e. The van der Waals surface area contributed by atoms with Gasteiger partial charge in [0, 0.05) is 31.5 Å². The highest BCUT2D eigenvalue weighted by atomic mass is 19.4. The highest BCUT2D eigenvalue weighted by Crippen LogP contribution is 2.25. The molecule has 2 aromatic heterocycles. The van der Waals surface area contributed by atoms with Gasteiger partial charge in [0.2, 0.25) is 5.95 Å². The first kappa shape index (κ1) is 20.0. The molecule has 0 unspecified atom stereocenters. The lowest BCUT2D eigenvalue weighted by Crippen LogP contribution is -2.31. The third-order valence-electron chi connectivity index (χ3n) is 5.38. The van der Waals surface area contributed by atoms with Gasteiger partial charge >= 0.3 is 6.36 Å². The second kappa shape index (κ2) is 7.67. The van der Waals surface area contributed by atoms with Crippen LogP contribution >= 0.6 is 0 Å². The molecule has 0 saturated carbocycles. The van der Waals surface area contributed by atoms with E-state index in [1.807, 2.05) is 12.1 Å². The van der Waals surface area contributed by atoms with Crippen LogP contribution in [0.25, 0.3) is 16.6 Å². The number of nitrogens with zero attached hydrogens (tertiary/aromatic N) is 4. The average Bonchev–Trinajstić information content (AvgIpc) is 2.78. The van der Waals surface area contributed by atoms with Gasteiger partial charge in [-0.25, -0.2) is 9.97 Å². The quantitative estimate of drug-likeness (QED) is 0.479. The molecule has 2 aromatic carbocycles. The summed E-state index contributed by atoms with van der Waals surface area (Å²) in [6, 6.07) is 15.1. The van der Waals surface area contributed by atoms with Crippen molar-refractivity contribution in [3.05, 3.63) is 88.5 Å². The van der Waals surface area contributed by atoms with Crippen LogP contribution in [0.15, 0.2) is 71.8 Å². The molecular formula is C23H17F3N4O2. The van der Waals surface area contributed by atoms with Crippen molar-refractivity contribution in [2.24, 2.45) is 0 Å². The first-order valence-corrected chi connectivity index (χ1v) is 9.94. The van der Waals surface area contributed by atoms with Gasteiger partial charge < -0.3 is 9.64 Å². The second-order valence-electron chi connectivity index (χ2n) is 7.45. The fraction of sp³-hybridized carbons (Fsp3) is 0.174. The Morgan fingerprint density at radius 2 is 1.81 bits per heavy atom. The number of fused-ring (bicyclic) bond motifs is 2. The van der Waals surface area contributed by atoms with E-state index in [2.05, 4.69) is 31.7 Å². The van der Waals surface area contributed by atoms with Crippen LogP contribution in [0, 0.1) is 0 Å². The van der Waals surface area contributed by atoms with Gasteiger partial charge in [-0.15, -0.1) is 13.2 Å². The van der Waals surface area contributed by atoms with Crippen molar-refractivity contribution in [3.8, 4) is 11.4 Å². The van der Waals surface area contributed by atoms with Gasteiger partial charge in [-0.1, -0.05) is 30.3 Å². The molecule has 0 amide bonds. The van der Waals surface area contributed by atoms with Crippen molar-refractivity contribution in [2.45, 2.75) is 19.3 Å². The number of benzene rings is 2. The summed E-state index contributed by atoms with van der Waals surface area (Å²) < 4.78 is 42.8. The van der Waals surface area contributed by atoms with Gasteiger partial charge in [0.1, 0.15) is 5.75 Å². The van der Waals surface area contributed by atoms with E-state index >= 15 is 0 Å². The predicted octanol–water partition coefficient (Wildman–Crippen LogP) is 4.24. The standard InChI is InChI=1S/C23H17F3N4O2/c24-23(25,26)32-18-7-3-6-17(12-18)30-11-9-20-19(21(30)31)13-27-22(28-20)29-10-8-15-4-1-2-5-16(15)14-29/h1-7,9,11-13H,8,10,14H2. The third kappa shape index (κ3) is 3.89. The molecule has 0 spiro atoms. The van der Waals surface area contributed by atoms with Crippen LogP contribution in [0.2, 0.25) is 0 Å². The molecule has 6 nitrogen and oxygen atoms in total. The molecule has 9 heteroatoms. The van der Waals surface area contributed by atoms with E-state index in [1.165, 1.54) is 46.3 Å². The second-order valence-corrected chi connectivity index (χ2v) is 7.45. The fourth-order valence-corrected chi connectivity index (χ4v) is 3.87. The van der Waals surface area contributed by atoms with Crippen molar-refractivity contribution < 1.29 is 17.9 Å². The van der Waals surface area contributed by atoms with E-state index in [9.17, 15) is 18.0 Å². The van der Waals surface area contributed by atoms with Gasteiger partial charge in [-0.3, -0.25) is 9.36 Å². The third-order valence-corrected chi connectivity index (χ3v) is 5.38. The summed E-state index contributed by atoms with van der Waals surface area (Å²) in [5.74, 6) is 0.128. The number of ether oxygens (including phenoxy) is 1. The van der Waals surface area contributed by atoms with E-state index in [4.69, 9.17) is 0 Å². The van der Waals surface area contributed by atoms with E-state index in [0.29, 0.717) is 18.0 Å². The van der Waals surface area contributed by atoms with Gasteiger partial charge in [-0.2, -0.15) is 0 Å². The number of hydrogen-bond donors (Lipinski definition) is 0. The molecule has 1 aliphatic heterocycles. The van der Waals surface area contributed by atoms with Crippen molar-refractivity contribution in [2.75, 3.05) is 11.4 Å². The summed E-state index contributed by atoms with van der Waals surface area (Å²) in [5, 5.41) is 0.274. The Balaban J connectivity index is 1.47. The van der Waals surface area contributed by atoms with E-state index in [-0.39, 0.29) is 11.1 Å². The highest BCUT2D eigenvalue weighted by molar-refractivity contribution is 5.78. The molecule has 162 valence electrons. The Bertz CT molecular complexity index is 1370. The van der Waals surface area contributed by atoms with Gasteiger partial charge in [0.25, 0.3) is 5.56 Å². The number of halogens is 3. The van der Waals surface area contributed by atoms with Crippen LogP contribution in [-0.4, -0.2) is 27.4 Å². The van der Waals surface area contributed by atoms with Gasteiger partial charge in [-0.05, 0) is 35.7 Å². The minimum atomic E-state index is -4.81. The Hall–Kier alpha value is -3.88. The van der Waals surface area contributed by atoms with Gasteiger partial charge in [0.15, 0.2) is 0 Å². The van der Waals surface area contributed by atoms with Crippen LogP contribution < -0.4 is 15.2 Å². The van der Waals surface area contributed by atoms with Crippen LogP contribution in [-0.2, 0) is 13.0 Å². The molecule has 0 bridgehead atoms.